The van der Waals surface area contributed by atoms with Gasteiger partial charge in [-0.05, 0) is 48.4 Å². The summed E-state index contributed by atoms with van der Waals surface area (Å²) in [5.41, 5.74) is 10.6. The fraction of sp³-hybridized carbons (Fsp3) is 0.241. The maximum atomic E-state index is 13.2. The van der Waals surface area contributed by atoms with E-state index in [2.05, 4.69) is 16.0 Å². The van der Waals surface area contributed by atoms with Crippen LogP contribution in [0.1, 0.15) is 27.2 Å². The summed E-state index contributed by atoms with van der Waals surface area (Å²) in [5, 5.41) is 0. The number of alkyl halides is 3. The van der Waals surface area contributed by atoms with Crippen molar-refractivity contribution >= 4 is 11.6 Å². The summed E-state index contributed by atoms with van der Waals surface area (Å²) in [6.07, 6.45) is -1.16. The fourth-order valence-electron chi connectivity index (χ4n) is 5.10. The van der Waals surface area contributed by atoms with Gasteiger partial charge in [-0.15, -0.1) is 0 Å². The van der Waals surface area contributed by atoms with Gasteiger partial charge in [0.15, 0.2) is 0 Å². The first-order valence-electron chi connectivity index (χ1n) is 12.4. The Balaban J connectivity index is 1.43. The van der Waals surface area contributed by atoms with Gasteiger partial charge in [0.1, 0.15) is 0 Å². The largest absolute Gasteiger partial charge is 0.416 e. The molecule has 9 heteroatoms. The molecule has 0 unspecified atom stereocenters. The highest BCUT2D eigenvalue weighted by Gasteiger charge is 2.31. The number of rotatable bonds is 6. The molecule has 2 aromatic heterocycles. The van der Waals surface area contributed by atoms with Crippen LogP contribution in [0.5, 0.6) is 0 Å². The smallest absolute Gasteiger partial charge is 0.369 e. The van der Waals surface area contributed by atoms with Gasteiger partial charge in [-0.25, -0.2) is 0 Å². The zero-order chi connectivity index (χ0) is 26.9. The molecule has 1 saturated heterocycles. The number of halogens is 3. The number of nitrogens with two attached hydrogens (primary N) is 1. The van der Waals surface area contributed by atoms with Crippen molar-refractivity contribution < 1.29 is 18.0 Å². The van der Waals surface area contributed by atoms with E-state index in [1.54, 1.807) is 24.5 Å². The second-order valence-electron chi connectivity index (χ2n) is 9.43. The number of aromatic nitrogens is 2. The summed E-state index contributed by atoms with van der Waals surface area (Å²) in [7, 11) is 0. The number of carbonyl (C=O) groups is 1. The zero-order valence-electron chi connectivity index (χ0n) is 20.9. The van der Waals surface area contributed by atoms with Gasteiger partial charge in [-0.2, -0.15) is 13.2 Å². The zero-order valence-corrected chi connectivity index (χ0v) is 20.9. The molecule has 0 aliphatic carbocycles. The lowest BCUT2D eigenvalue weighted by Crippen LogP contribution is -2.46. The number of hydrogen-bond donors (Lipinski definition) is 1. The van der Waals surface area contributed by atoms with Crippen molar-refractivity contribution in [3.63, 3.8) is 0 Å². The van der Waals surface area contributed by atoms with Gasteiger partial charge < -0.3 is 15.2 Å². The predicted molar refractivity (Wildman–Crippen MR) is 141 cm³/mol. The van der Waals surface area contributed by atoms with Gasteiger partial charge in [0, 0.05) is 50.3 Å². The molecule has 0 saturated carbocycles. The van der Waals surface area contributed by atoms with Crippen molar-refractivity contribution in [2.24, 2.45) is 5.73 Å². The number of benzene rings is 2. The molecular formula is C29H28F3N5O. The minimum Gasteiger partial charge on any atom is -0.369 e. The number of hydrogen-bond acceptors (Lipinski definition) is 4. The third-order valence-corrected chi connectivity index (χ3v) is 6.92. The Hall–Kier alpha value is -4.11. The van der Waals surface area contributed by atoms with Gasteiger partial charge in [0.05, 0.1) is 28.7 Å². The molecule has 1 amide bonds. The van der Waals surface area contributed by atoms with E-state index in [0.717, 1.165) is 28.6 Å². The monoisotopic (exact) mass is 519 g/mol. The Morgan fingerprint density at radius 3 is 2.39 bits per heavy atom. The molecule has 0 spiro atoms. The van der Waals surface area contributed by atoms with Crippen LogP contribution in [0, 0.1) is 6.92 Å². The van der Waals surface area contributed by atoms with Crippen LogP contribution in [-0.2, 0) is 12.7 Å². The van der Waals surface area contributed by atoms with Crippen molar-refractivity contribution in [3.05, 3.63) is 102 Å². The summed E-state index contributed by atoms with van der Waals surface area (Å²) in [6.45, 7) is 5.29. The lowest BCUT2D eigenvalue weighted by atomic mass is 10.1. The lowest BCUT2D eigenvalue weighted by Gasteiger charge is -2.36. The average Bonchev–Trinajstić information content (AvgIpc) is 3.24. The first-order chi connectivity index (χ1) is 18.2. The van der Waals surface area contributed by atoms with Crippen LogP contribution in [0.3, 0.4) is 0 Å². The Labute approximate surface area is 219 Å². The van der Waals surface area contributed by atoms with Gasteiger partial charge in [-0.3, -0.25) is 14.7 Å². The van der Waals surface area contributed by atoms with Crippen molar-refractivity contribution in [3.8, 4) is 16.9 Å². The molecule has 1 fully saturated rings. The SMILES string of the molecule is Cc1cc(CN2CCN(c3cccc(C(F)(F)F)c3)CC2)c(-c2ccccc2)n1-c1cnccc1C(N)=O. The second kappa shape index (κ2) is 10.3. The molecule has 196 valence electrons. The van der Waals surface area contributed by atoms with Crippen LogP contribution in [0.25, 0.3) is 16.9 Å². The maximum absolute atomic E-state index is 13.2. The highest BCUT2D eigenvalue weighted by Crippen LogP contribution is 2.34. The Kier molecular flexibility index (Phi) is 6.94. The maximum Gasteiger partial charge on any atom is 0.416 e. The number of anilines is 1. The van der Waals surface area contributed by atoms with E-state index >= 15 is 0 Å². The van der Waals surface area contributed by atoms with Gasteiger partial charge in [-0.1, -0.05) is 36.4 Å². The quantitative estimate of drug-likeness (QED) is 0.376. The first-order valence-corrected chi connectivity index (χ1v) is 12.4. The number of piperazine rings is 1. The Morgan fingerprint density at radius 2 is 1.71 bits per heavy atom. The highest BCUT2D eigenvalue weighted by molar-refractivity contribution is 5.96. The lowest BCUT2D eigenvalue weighted by molar-refractivity contribution is -0.137. The van der Waals surface area contributed by atoms with Crippen LogP contribution in [-0.4, -0.2) is 46.5 Å². The third-order valence-electron chi connectivity index (χ3n) is 6.92. The summed E-state index contributed by atoms with van der Waals surface area (Å²) in [5.74, 6) is -0.526. The topological polar surface area (TPSA) is 67.4 Å². The third kappa shape index (κ3) is 5.15. The molecule has 1 aliphatic rings. The molecule has 0 radical (unpaired) electrons. The van der Waals surface area contributed by atoms with Gasteiger partial charge in [0.25, 0.3) is 5.91 Å². The minimum atomic E-state index is -4.36. The minimum absolute atomic E-state index is 0.386. The van der Waals surface area contributed by atoms with Crippen molar-refractivity contribution in [2.75, 3.05) is 31.1 Å². The van der Waals surface area contributed by atoms with E-state index in [1.807, 2.05) is 46.7 Å². The number of pyridine rings is 1. The molecule has 5 rings (SSSR count). The summed E-state index contributed by atoms with van der Waals surface area (Å²) >= 11 is 0. The van der Waals surface area contributed by atoms with Crippen molar-refractivity contribution in [2.45, 2.75) is 19.6 Å². The van der Waals surface area contributed by atoms with Crippen LogP contribution in [0.15, 0.2) is 79.1 Å². The first kappa shape index (κ1) is 25.5. The van der Waals surface area contributed by atoms with E-state index < -0.39 is 17.6 Å². The summed E-state index contributed by atoms with van der Waals surface area (Å²) in [4.78, 5) is 20.8. The number of primary amides is 1. The molecule has 3 heterocycles. The molecular weight excluding hydrogens is 491 g/mol. The van der Waals surface area contributed by atoms with Crippen LogP contribution >= 0.6 is 0 Å². The predicted octanol–water partition coefficient (Wildman–Crippen LogP) is 5.29. The van der Waals surface area contributed by atoms with Gasteiger partial charge >= 0.3 is 6.18 Å². The van der Waals surface area contributed by atoms with Crippen LogP contribution in [0.4, 0.5) is 18.9 Å². The number of carbonyl (C=O) groups excluding carboxylic acids is 1. The molecule has 2 aromatic carbocycles. The number of nitrogens with zero attached hydrogens (tertiary/aromatic N) is 4. The molecule has 0 bridgehead atoms. The van der Waals surface area contributed by atoms with Gasteiger partial charge in [0.2, 0.25) is 0 Å². The standard InChI is InChI=1S/C29H28F3N5O/c1-20-16-22(19-35-12-14-36(15-13-35)24-9-5-8-23(17-24)29(30,31)32)27(21-6-3-2-4-7-21)37(20)26-18-34-11-10-25(26)28(33)38/h2-11,16-18H,12-15,19H2,1H3,(H2,33,38). The van der Waals surface area contributed by atoms with Crippen molar-refractivity contribution in [1.82, 2.24) is 14.5 Å². The molecule has 1 aliphatic heterocycles. The molecule has 6 nitrogen and oxygen atoms in total. The van der Waals surface area contributed by atoms with E-state index in [-0.39, 0.29) is 0 Å². The van der Waals surface area contributed by atoms with E-state index in [1.165, 1.54) is 12.1 Å². The van der Waals surface area contributed by atoms with Crippen LogP contribution < -0.4 is 10.6 Å². The van der Waals surface area contributed by atoms with Crippen molar-refractivity contribution in [1.29, 1.82) is 0 Å². The molecule has 4 aromatic rings. The normalized spacial score (nSPS) is 14.6. The Bertz CT molecular complexity index is 1440. The van der Waals surface area contributed by atoms with E-state index in [4.69, 9.17) is 5.73 Å². The highest BCUT2D eigenvalue weighted by atomic mass is 19.4. The average molecular weight is 520 g/mol. The fourth-order valence-corrected chi connectivity index (χ4v) is 5.10. The number of aryl methyl sites for hydroxylation is 1. The van der Waals surface area contributed by atoms with E-state index in [9.17, 15) is 18.0 Å². The van der Waals surface area contributed by atoms with Crippen LogP contribution in [0.2, 0.25) is 0 Å². The molecule has 0 atom stereocenters. The second-order valence-corrected chi connectivity index (χ2v) is 9.43. The van der Waals surface area contributed by atoms with E-state index in [0.29, 0.717) is 49.7 Å². The molecule has 38 heavy (non-hydrogen) atoms. The molecule has 2 N–H and O–H groups in total. The summed E-state index contributed by atoms with van der Waals surface area (Å²) in [6, 6.07) is 19.2. The Morgan fingerprint density at radius 1 is 0.974 bits per heavy atom. The number of amides is 1. The summed E-state index contributed by atoms with van der Waals surface area (Å²) < 4.78 is 41.6.